The minimum Gasteiger partial charge on any atom is -0.462 e. The first kappa shape index (κ1) is 10.6. The van der Waals surface area contributed by atoms with Gasteiger partial charge in [0, 0.05) is 0 Å². The molecule has 0 atom stereocenters. The average Bonchev–Trinajstić information content (AvgIpc) is 2.01. The Kier molecular flexibility index (Phi) is 3.19. The van der Waals surface area contributed by atoms with Gasteiger partial charge < -0.3 is 15.5 Å². The Bertz CT molecular complexity index is 414. The monoisotopic (exact) mass is 213 g/mol. The van der Waals surface area contributed by atoms with Gasteiger partial charge in [-0.15, -0.1) is 0 Å². The molecule has 1 aromatic heterocycles. The first-order chi connectivity index (χ1) is 6.56. The molecule has 0 aliphatic carbocycles. The number of aryl methyl sites for hydroxylation is 1. The molecular formula is C8H11N3O2S. The molecule has 0 aliphatic heterocycles. The Balaban J connectivity index is 3.21. The molecular weight excluding hydrogens is 202 g/mol. The number of nitrogens with zero attached hydrogens (tertiary/aromatic N) is 1. The zero-order valence-corrected chi connectivity index (χ0v) is 8.77. The molecule has 0 saturated heterocycles. The van der Waals surface area contributed by atoms with E-state index in [1.54, 1.807) is 13.8 Å². The average molecular weight is 213 g/mol. The molecule has 0 spiro atoms. The summed E-state index contributed by atoms with van der Waals surface area (Å²) in [5.41, 5.74) is 5.69. The van der Waals surface area contributed by atoms with Crippen LogP contribution in [0.25, 0.3) is 0 Å². The molecule has 1 aromatic rings. The summed E-state index contributed by atoms with van der Waals surface area (Å²) in [6.45, 7) is 3.70. The zero-order valence-electron chi connectivity index (χ0n) is 7.96. The van der Waals surface area contributed by atoms with Gasteiger partial charge in [-0.3, -0.25) is 0 Å². The van der Waals surface area contributed by atoms with Crippen LogP contribution in [0.3, 0.4) is 0 Å². The maximum atomic E-state index is 11.4. The highest BCUT2D eigenvalue weighted by molar-refractivity contribution is 7.71. The number of aromatic amines is 1. The molecule has 1 heterocycles. The number of hydrogen-bond acceptors (Lipinski definition) is 5. The molecule has 0 unspecified atom stereocenters. The predicted molar refractivity (Wildman–Crippen MR) is 54.5 cm³/mol. The van der Waals surface area contributed by atoms with E-state index >= 15 is 0 Å². The molecule has 0 bridgehead atoms. The van der Waals surface area contributed by atoms with Crippen molar-refractivity contribution in [3.05, 3.63) is 16.0 Å². The van der Waals surface area contributed by atoms with Gasteiger partial charge in [-0.2, -0.15) is 0 Å². The summed E-state index contributed by atoms with van der Waals surface area (Å²) in [6.07, 6.45) is 0. The first-order valence-electron chi connectivity index (χ1n) is 4.09. The molecule has 14 heavy (non-hydrogen) atoms. The molecule has 6 heteroatoms. The number of H-pyrrole nitrogens is 1. The largest absolute Gasteiger partial charge is 0.462 e. The van der Waals surface area contributed by atoms with Crippen molar-refractivity contribution in [2.75, 3.05) is 12.3 Å². The molecule has 0 radical (unpaired) electrons. The highest BCUT2D eigenvalue weighted by Gasteiger charge is 2.14. The molecule has 5 nitrogen and oxygen atoms in total. The number of anilines is 1. The molecule has 3 N–H and O–H groups in total. The quantitative estimate of drug-likeness (QED) is 0.570. The summed E-state index contributed by atoms with van der Waals surface area (Å²) in [6, 6.07) is 0. The normalized spacial score (nSPS) is 9.86. The fourth-order valence-electron chi connectivity index (χ4n) is 1.01. The number of carbonyl (C=O) groups excluding carboxylic acids is 1. The number of nitrogens with two attached hydrogens (primary N) is 1. The number of nitrogens with one attached hydrogen (secondary N) is 1. The second-order valence-corrected chi connectivity index (χ2v) is 3.04. The summed E-state index contributed by atoms with van der Waals surface area (Å²) in [5.74, 6) is 0.129. The van der Waals surface area contributed by atoms with Crippen molar-refractivity contribution < 1.29 is 9.53 Å². The van der Waals surface area contributed by atoms with Crippen molar-refractivity contribution in [2.45, 2.75) is 13.8 Å². The Morgan fingerprint density at radius 3 is 2.86 bits per heavy atom. The molecule has 76 valence electrons. The molecule has 0 aliphatic rings. The van der Waals surface area contributed by atoms with E-state index < -0.39 is 5.97 Å². The Labute approximate surface area is 86.3 Å². The summed E-state index contributed by atoms with van der Waals surface area (Å²) < 4.78 is 5.04. The number of nitrogen functional groups attached to an aromatic ring is 1. The fraction of sp³-hybridized carbons (Fsp3) is 0.375. The van der Waals surface area contributed by atoms with E-state index in [1.165, 1.54) is 0 Å². The molecule has 0 fully saturated rings. The Morgan fingerprint density at radius 2 is 2.36 bits per heavy atom. The van der Waals surface area contributed by atoms with Gasteiger partial charge in [0.15, 0.2) is 0 Å². The van der Waals surface area contributed by atoms with Crippen molar-refractivity contribution in [3.63, 3.8) is 0 Å². The van der Waals surface area contributed by atoms with E-state index in [9.17, 15) is 4.79 Å². The van der Waals surface area contributed by atoms with Crippen LogP contribution in [0.4, 0.5) is 5.82 Å². The number of rotatable bonds is 2. The second kappa shape index (κ2) is 4.19. The number of esters is 1. The summed E-state index contributed by atoms with van der Waals surface area (Å²) in [4.78, 5) is 18.0. The van der Waals surface area contributed by atoms with Crippen LogP contribution in [0.2, 0.25) is 0 Å². The maximum Gasteiger partial charge on any atom is 0.344 e. The van der Waals surface area contributed by atoms with E-state index in [-0.39, 0.29) is 22.6 Å². The SMILES string of the molecule is CCOC(=O)c1c(N)nc(C)[nH]c1=S. The van der Waals surface area contributed by atoms with Crippen LogP contribution in [0.1, 0.15) is 23.1 Å². The lowest BCUT2D eigenvalue weighted by Gasteiger charge is -2.05. The van der Waals surface area contributed by atoms with Gasteiger partial charge in [0.25, 0.3) is 0 Å². The molecule has 1 rings (SSSR count). The summed E-state index contributed by atoms with van der Waals surface area (Å²) >= 11 is 4.94. The zero-order chi connectivity index (χ0) is 10.7. The smallest absolute Gasteiger partial charge is 0.344 e. The predicted octanol–water partition coefficient (Wildman–Crippen LogP) is 1.21. The first-order valence-corrected chi connectivity index (χ1v) is 4.50. The van der Waals surface area contributed by atoms with Crippen molar-refractivity contribution in [2.24, 2.45) is 0 Å². The van der Waals surface area contributed by atoms with Gasteiger partial charge in [0.1, 0.15) is 21.8 Å². The van der Waals surface area contributed by atoms with Gasteiger partial charge in [-0.25, -0.2) is 9.78 Å². The van der Waals surface area contributed by atoms with Crippen LogP contribution < -0.4 is 5.73 Å². The van der Waals surface area contributed by atoms with E-state index in [0.717, 1.165) is 0 Å². The topological polar surface area (TPSA) is 81.0 Å². The van der Waals surface area contributed by atoms with Gasteiger partial charge in [0.2, 0.25) is 0 Å². The van der Waals surface area contributed by atoms with Crippen molar-refractivity contribution >= 4 is 24.0 Å². The maximum absolute atomic E-state index is 11.4. The lowest BCUT2D eigenvalue weighted by atomic mass is 10.3. The highest BCUT2D eigenvalue weighted by atomic mass is 32.1. The lowest BCUT2D eigenvalue weighted by Crippen LogP contribution is -2.12. The summed E-state index contributed by atoms with van der Waals surface area (Å²) in [7, 11) is 0. The molecule has 0 saturated carbocycles. The van der Waals surface area contributed by atoms with Gasteiger partial charge in [-0.05, 0) is 13.8 Å². The van der Waals surface area contributed by atoms with Crippen LogP contribution in [0, 0.1) is 11.6 Å². The summed E-state index contributed by atoms with van der Waals surface area (Å²) in [5, 5.41) is 0. The van der Waals surface area contributed by atoms with Gasteiger partial charge in [-0.1, -0.05) is 12.2 Å². The Morgan fingerprint density at radius 1 is 1.71 bits per heavy atom. The van der Waals surface area contributed by atoms with Crippen LogP contribution in [0.5, 0.6) is 0 Å². The van der Waals surface area contributed by atoms with E-state index in [0.29, 0.717) is 5.82 Å². The second-order valence-electron chi connectivity index (χ2n) is 2.63. The Hall–Kier alpha value is -1.43. The van der Waals surface area contributed by atoms with E-state index in [2.05, 4.69) is 9.97 Å². The minimum absolute atomic E-state index is 0.102. The standard InChI is InChI=1S/C8H11N3O2S/c1-3-13-8(12)5-6(9)10-4(2)11-7(5)14/h3H2,1-2H3,(H3,9,10,11,14). The molecule has 0 amide bonds. The molecule has 0 aromatic carbocycles. The third-order valence-corrected chi connectivity index (χ3v) is 1.85. The van der Waals surface area contributed by atoms with Crippen molar-refractivity contribution in [1.29, 1.82) is 0 Å². The number of carbonyl (C=O) groups is 1. The van der Waals surface area contributed by atoms with Crippen LogP contribution in [-0.4, -0.2) is 22.5 Å². The van der Waals surface area contributed by atoms with Crippen LogP contribution in [-0.2, 0) is 4.74 Å². The fourth-order valence-corrected chi connectivity index (χ4v) is 1.34. The van der Waals surface area contributed by atoms with Crippen molar-refractivity contribution in [3.8, 4) is 0 Å². The number of hydrogen-bond donors (Lipinski definition) is 2. The number of aromatic nitrogens is 2. The third-order valence-electron chi connectivity index (χ3n) is 1.55. The third kappa shape index (κ3) is 2.08. The number of ether oxygens (including phenoxy) is 1. The van der Waals surface area contributed by atoms with Crippen LogP contribution >= 0.6 is 12.2 Å². The van der Waals surface area contributed by atoms with Gasteiger partial charge >= 0.3 is 5.97 Å². The lowest BCUT2D eigenvalue weighted by molar-refractivity contribution is 0.0526. The van der Waals surface area contributed by atoms with Gasteiger partial charge in [0.05, 0.1) is 6.61 Å². The minimum atomic E-state index is -0.543. The highest BCUT2D eigenvalue weighted by Crippen LogP contribution is 2.11. The van der Waals surface area contributed by atoms with Crippen LogP contribution in [0.15, 0.2) is 0 Å². The van der Waals surface area contributed by atoms with Crippen molar-refractivity contribution in [1.82, 2.24) is 9.97 Å². The van der Waals surface area contributed by atoms with E-state index in [1.807, 2.05) is 0 Å². The van der Waals surface area contributed by atoms with E-state index in [4.69, 9.17) is 22.7 Å².